The van der Waals surface area contributed by atoms with E-state index in [9.17, 15) is 9.59 Å². The zero-order valence-electron chi connectivity index (χ0n) is 19.1. The van der Waals surface area contributed by atoms with Crippen LogP contribution in [0, 0.1) is 13.8 Å². The molecule has 0 radical (unpaired) electrons. The van der Waals surface area contributed by atoms with Crippen molar-refractivity contribution < 1.29 is 14.0 Å². The number of nitrogens with one attached hydrogen (secondary N) is 1. The van der Waals surface area contributed by atoms with Crippen molar-refractivity contribution >= 4 is 29.3 Å². The molecular formula is C24H24N6O3S. The lowest BCUT2D eigenvalue weighted by Gasteiger charge is -2.20. The first kappa shape index (κ1) is 23.2. The van der Waals surface area contributed by atoms with Crippen molar-refractivity contribution in [2.75, 3.05) is 17.7 Å². The van der Waals surface area contributed by atoms with Gasteiger partial charge in [-0.2, -0.15) is 4.68 Å². The van der Waals surface area contributed by atoms with Gasteiger partial charge in [0.1, 0.15) is 5.76 Å². The Morgan fingerprint density at radius 1 is 1.09 bits per heavy atom. The number of furan rings is 1. The highest BCUT2D eigenvalue weighted by Crippen LogP contribution is 2.23. The number of carbonyl (C=O) groups excluding carboxylic acids is 2. The molecule has 0 atom stereocenters. The molecule has 4 aromatic rings. The molecule has 9 nitrogen and oxygen atoms in total. The number of nitrogens with zero attached hydrogens (tertiary/aromatic N) is 5. The summed E-state index contributed by atoms with van der Waals surface area (Å²) >= 11 is 1.24. The minimum Gasteiger partial charge on any atom is -0.467 e. The van der Waals surface area contributed by atoms with E-state index in [1.165, 1.54) is 16.7 Å². The minimum absolute atomic E-state index is 0.101. The summed E-state index contributed by atoms with van der Waals surface area (Å²) in [4.78, 5) is 27.2. The molecule has 1 N–H and O–H groups in total. The molecule has 0 saturated heterocycles. The van der Waals surface area contributed by atoms with Crippen LogP contribution in [0.2, 0.25) is 0 Å². The predicted molar refractivity (Wildman–Crippen MR) is 129 cm³/mol. The quantitative estimate of drug-likeness (QED) is 0.388. The highest BCUT2D eigenvalue weighted by atomic mass is 32.2. The van der Waals surface area contributed by atoms with Gasteiger partial charge in [0, 0.05) is 7.05 Å². The molecule has 0 bridgehead atoms. The van der Waals surface area contributed by atoms with Gasteiger partial charge in [0.05, 0.1) is 35.5 Å². The van der Waals surface area contributed by atoms with Gasteiger partial charge < -0.3 is 14.6 Å². The van der Waals surface area contributed by atoms with Gasteiger partial charge in [0.15, 0.2) is 0 Å². The van der Waals surface area contributed by atoms with Crippen molar-refractivity contribution in [3.8, 4) is 5.69 Å². The summed E-state index contributed by atoms with van der Waals surface area (Å²) in [5.74, 6) is 0.266. The van der Waals surface area contributed by atoms with E-state index in [1.807, 2.05) is 26.0 Å². The Morgan fingerprint density at radius 2 is 1.85 bits per heavy atom. The highest BCUT2D eigenvalue weighted by molar-refractivity contribution is 7.99. The van der Waals surface area contributed by atoms with E-state index in [4.69, 9.17) is 4.42 Å². The Morgan fingerprint density at radius 3 is 2.59 bits per heavy atom. The summed E-state index contributed by atoms with van der Waals surface area (Å²) in [6.07, 6.45) is 1.55. The first-order valence-corrected chi connectivity index (χ1v) is 11.6. The maximum atomic E-state index is 13.0. The summed E-state index contributed by atoms with van der Waals surface area (Å²) in [5, 5.41) is 15.3. The Balaban J connectivity index is 1.44. The molecule has 0 fully saturated rings. The number of aryl methyl sites for hydroxylation is 2. The van der Waals surface area contributed by atoms with E-state index in [0.717, 1.165) is 16.8 Å². The van der Waals surface area contributed by atoms with Crippen molar-refractivity contribution in [1.82, 2.24) is 25.5 Å². The van der Waals surface area contributed by atoms with Gasteiger partial charge in [-0.25, -0.2) is 0 Å². The lowest BCUT2D eigenvalue weighted by atomic mass is 10.1. The molecular weight excluding hydrogens is 452 g/mol. The minimum atomic E-state index is -0.293. The van der Waals surface area contributed by atoms with Crippen LogP contribution in [-0.4, -0.2) is 44.8 Å². The Kier molecular flexibility index (Phi) is 7.07. The normalized spacial score (nSPS) is 10.8. The molecule has 0 aliphatic heterocycles. The molecule has 174 valence electrons. The molecule has 2 heterocycles. The smallest absolute Gasteiger partial charge is 0.253 e. The number of tetrazole rings is 1. The third kappa shape index (κ3) is 5.34. The summed E-state index contributed by atoms with van der Waals surface area (Å²) in [6.45, 7) is 4.28. The van der Waals surface area contributed by atoms with Gasteiger partial charge in [-0.1, -0.05) is 30.0 Å². The number of para-hydroxylation sites is 1. The summed E-state index contributed by atoms with van der Waals surface area (Å²) in [7, 11) is 1.65. The van der Waals surface area contributed by atoms with Crippen LogP contribution in [0.5, 0.6) is 0 Å². The molecule has 0 spiro atoms. The van der Waals surface area contributed by atoms with Gasteiger partial charge >= 0.3 is 0 Å². The van der Waals surface area contributed by atoms with E-state index in [2.05, 4.69) is 26.9 Å². The molecule has 10 heteroatoms. The number of amides is 2. The Bertz CT molecular complexity index is 1280. The second kappa shape index (κ2) is 10.3. The predicted octanol–water partition coefficient (Wildman–Crippen LogP) is 3.56. The SMILES string of the molecule is Cc1cc(C)cc(-n2nnnc2SCC(=O)N(C)c2ccccc2C(=O)NCc2ccco2)c1. The maximum Gasteiger partial charge on any atom is 0.253 e. The average molecular weight is 477 g/mol. The number of anilines is 1. The standard InChI is InChI=1S/C24H24N6O3S/c1-16-11-17(2)13-18(12-16)30-24(26-27-28-30)34-15-22(31)29(3)21-9-5-4-8-20(21)23(32)25-14-19-7-6-10-33-19/h4-13H,14-15H2,1-3H3,(H,25,32). The molecule has 0 unspecified atom stereocenters. The number of rotatable bonds is 8. The van der Waals surface area contributed by atoms with Crippen LogP contribution in [0.3, 0.4) is 0 Å². The molecule has 0 aliphatic carbocycles. The third-order valence-electron chi connectivity index (χ3n) is 5.10. The summed E-state index contributed by atoms with van der Waals surface area (Å²) in [5.41, 5.74) is 3.94. The fraction of sp³-hybridized carbons (Fsp3) is 0.208. The number of thioether (sulfide) groups is 1. The molecule has 2 aromatic heterocycles. The number of hydrogen-bond acceptors (Lipinski definition) is 7. The lowest BCUT2D eigenvalue weighted by molar-refractivity contribution is -0.115. The van der Waals surface area contributed by atoms with Gasteiger partial charge in [-0.15, -0.1) is 5.10 Å². The van der Waals surface area contributed by atoms with E-state index in [1.54, 1.807) is 54.4 Å². The van der Waals surface area contributed by atoms with Crippen LogP contribution >= 0.6 is 11.8 Å². The van der Waals surface area contributed by atoms with Gasteiger partial charge in [-0.05, 0) is 71.8 Å². The second-order valence-electron chi connectivity index (χ2n) is 7.74. The first-order chi connectivity index (χ1) is 16.4. The van der Waals surface area contributed by atoms with Crippen molar-refractivity contribution in [2.24, 2.45) is 0 Å². The van der Waals surface area contributed by atoms with Crippen LogP contribution in [0.1, 0.15) is 27.2 Å². The zero-order valence-corrected chi connectivity index (χ0v) is 19.9. The van der Waals surface area contributed by atoms with Crippen molar-refractivity contribution in [2.45, 2.75) is 25.5 Å². The third-order valence-corrected chi connectivity index (χ3v) is 6.01. The fourth-order valence-corrected chi connectivity index (χ4v) is 4.30. The molecule has 4 rings (SSSR count). The largest absolute Gasteiger partial charge is 0.467 e. The lowest BCUT2D eigenvalue weighted by Crippen LogP contribution is -2.31. The van der Waals surface area contributed by atoms with Crippen LogP contribution in [0.15, 0.2) is 70.4 Å². The Labute approximate surface area is 201 Å². The molecule has 2 amide bonds. The highest BCUT2D eigenvalue weighted by Gasteiger charge is 2.20. The van der Waals surface area contributed by atoms with Crippen molar-refractivity contribution in [1.29, 1.82) is 0 Å². The Hall–Kier alpha value is -3.92. The summed E-state index contributed by atoms with van der Waals surface area (Å²) < 4.78 is 6.88. The van der Waals surface area contributed by atoms with Crippen molar-refractivity contribution in [3.63, 3.8) is 0 Å². The van der Waals surface area contributed by atoms with E-state index >= 15 is 0 Å². The maximum absolute atomic E-state index is 13.0. The fourth-order valence-electron chi connectivity index (χ4n) is 3.50. The molecule has 2 aromatic carbocycles. The van der Waals surface area contributed by atoms with Gasteiger partial charge in [0.25, 0.3) is 5.91 Å². The second-order valence-corrected chi connectivity index (χ2v) is 8.68. The van der Waals surface area contributed by atoms with Crippen LogP contribution in [-0.2, 0) is 11.3 Å². The number of hydrogen-bond donors (Lipinski definition) is 1. The van der Waals surface area contributed by atoms with Gasteiger partial charge in [0.2, 0.25) is 11.1 Å². The van der Waals surface area contributed by atoms with Gasteiger partial charge in [-0.3, -0.25) is 9.59 Å². The number of benzene rings is 2. The number of carbonyl (C=O) groups is 2. The molecule has 34 heavy (non-hydrogen) atoms. The zero-order chi connectivity index (χ0) is 24.1. The van der Waals surface area contributed by atoms with Crippen LogP contribution in [0.25, 0.3) is 5.69 Å². The molecule has 0 saturated carbocycles. The summed E-state index contributed by atoms with van der Waals surface area (Å²) in [6, 6.07) is 16.6. The first-order valence-electron chi connectivity index (χ1n) is 10.6. The topological polar surface area (TPSA) is 106 Å². The molecule has 0 aliphatic rings. The number of aromatic nitrogens is 4. The van der Waals surface area contributed by atoms with E-state index in [-0.39, 0.29) is 24.1 Å². The van der Waals surface area contributed by atoms with Crippen LogP contribution < -0.4 is 10.2 Å². The van der Waals surface area contributed by atoms with E-state index in [0.29, 0.717) is 22.2 Å². The van der Waals surface area contributed by atoms with Crippen LogP contribution in [0.4, 0.5) is 5.69 Å². The average Bonchev–Trinajstić information content (AvgIpc) is 3.52. The van der Waals surface area contributed by atoms with Crippen molar-refractivity contribution in [3.05, 3.63) is 83.3 Å². The van der Waals surface area contributed by atoms with E-state index < -0.39 is 0 Å². The monoisotopic (exact) mass is 476 g/mol.